The van der Waals surface area contributed by atoms with Crippen molar-refractivity contribution in [3.05, 3.63) is 0 Å². The molecule has 1 saturated heterocycles. The summed E-state index contributed by atoms with van der Waals surface area (Å²) in [5, 5.41) is 14.3. The molecule has 0 spiro atoms. The van der Waals surface area contributed by atoms with E-state index in [9.17, 15) is 19.5 Å². The number of carboxylic acid groups (broad SMARTS) is 1. The average molecular weight is 286 g/mol. The summed E-state index contributed by atoms with van der Waals surface area (Å²) < 4.78 is 5.06. The number of hydrogen-bond donors (Lipinski definition) is 3. The van der Waals surface area contributed by atoms with E-state index in [0.717, 1.165) is 0 Å². The molecule has 7 heteroatoms. The number of carbonyl (C=O) groups is 3. The summed E-state index contributed by atoms with van der Waals surface area (Å²) in [4.78, 5) is 34.7. The number of carbonyl (C=O) groups excluding carboxylic acids is 2. The Labute approximate surface area is 118 Å². The molecule has 0 aromatic carbocycles. The van der Waals surface area contributed by atoms with Crippen LogP contribution in [0.15, 0.2) is 0 Å². The smallest absolute Gasteiger partial charge is 0.408 e. The van der Waals surface area contributed by atoms with Crippen LogP contribution in [0.3, 0.4) is 0 Å². The zero-order valence-corrected chi connectivity index (χ0v) is 12.3. The number of carboxylic acids is 1. The number of rotatable bonds is 4. The van der Waals surface area contributed by atoms with E-state index < -0.39 is 29.1 Å². The molecule has 0 saturated carbocycles. The lowest BCUT2D eigenvalue weighted by Crippen LogP contribution is -2.54. The first-order valence-corrected chi connectivity index (χ1v) is 6.56. The van der Waals surface area contributed by atoms with Crippen molar-refractivity contribution in [3.8, 4) is 0 Å². The minimum absolute atomic E-state index is 0.0351. The van der Waals surface area contributed by atoms with Crippen molar-refractivity contribution in [3.63, 3.8) is 0 Å². The van der Waals surface area contributed by atoms with Gasteiger partial charge in [0, 0.05) is 12.5 Å². The number of nitrogens with one attached hydrogen (secondary N) is 2. The summed E-state index contributed by atoms with van der Waals surface area (Å²) in [5.74, 6) is -1.78. The highest BCUT2D eigenvalue weighted by Gasteiger charge is 2.41. The minimum Gasteiger partial charge on any atom is -0.480 e. The number of hydrogen-bond acceptors (Lipinski definition) is 4. The standard InChI is InChI=1S/C13H22N2O5/c1-12(2,3)20-11(19)15-13(4,10(17)18)7-8-5-6-14-9(8)16/h8H,5-7H2,1-4H3,(H,14,16)(H,15,19)(H,17,18)/t8?,13-/m0/s1. The van der Waals surface area contributed by atoms with Gasteiger partial charge in [0.25, 0.3) is 0 Å². The summed E-state index contributed by atoms with van der Waals surface area (Å²) in [6.45, 7) is 6.98. The zero-order valence-electron chi connectivity index (χ0n) is 12.3. The van der Waals surface area contributed by atoms with Gasteiger partial charge in [-0.15, -0.1) is 0 Å². The largest absolute Gasteiger partial charge is 0.480 e. The number of alkyl carbamates (subject to hydrolysis) is 1. The van der Waals surface area contributed by atoms with Crippen LogP contribution in [0.1, 0.15) is 40.5 Å². The summed E-state index contributed by atoms with van der Waals surface area (Å²) in [6.07, 6.45) is -0.203. The molecule has 3 N–H and O–H groups in total. The van der Waals surface area contributed by atoms with Crippen LogP contribution in [0.25, 0.3) is 0 Å². The van der Waals surface area contributed by atoms with E-state index in [1.165, 1.54) is 6.92 Å². The summed E-state index contributed by atoms with van der Waals surface area (Å²) >= 11 is 0. The highest BCUT2D eigenvalue weighted by atomic mass is 16.6. The van der Waals surface area contributed by atoms with Crippen LogP contribution in [0.2, 0.25) is 0 Å². The maximum atomic E-state index is 11.7. The first-order chi connectivity index (χ1) is 9.03. The number of amides is 2. The third kappa shape index (κ3) is 4.40. The Morgan fingerprint density at radius 2 is 2.00 bits per heavy atom. The van der Waals surface area contributed by atoms with Gasteiger partial charge in [0.05, 0.1) is 0 Å². The fourth-order valence-electron chi connectivity index (χ4n) is 2.05. The Hall–Kier alpha value is -1.79. The quantitative estimate of drug-likeness (QED) is 0.711. The molecule has 0 aliphatic carbocycles. The molecule has 1 unspecified atom stereocenters. The monoisotopic (exact) mass is 286 g/mol. The van der Waals surface area contributed by atoms with Crippen LogP contribution in [0, 0.1) is 5.92 Å². The molecule has 0 aromatic heterocycles. The Balaban J connectivity index is 2.74. The predicted molar refractivity (Wildman–Crippen MR) is 71.1 cm³/mol. The van der Waals surface area contributed by atoms with Crippen LogP contribution >= 0.6 is 0 Å². The van der Waals surface area contributed by atoms with E-state index in [4.69, 9.17) is 4.74 Å². The molecule has 0 radical (unpaired) electrons. The predicted octanol–water partition coefficient (Wildman–Crippen LogP) is 0.881. The lowest BCUT2D eigenvalue weighted by Gasteiger charge is -2.29. The van der Waals surface area contributed by atoms with E-state index in [-0.39, 0.29) is 12.3 Å². The van der Waals surface area contributed by atoms with E-state index in [1.807, 2.05) is 0 Å². The van der Waals surface area contributed by atoms with Gasteiger partial charge >= 0.3 is 12.1 Å². The van der Waals surface area contributed by atoms with Crippen LogP contribution in [0.5, 0.6) is 0 Å². The molecular formula is C13H22N2O5. The lowest BCUT2D eigenvalue weighted by molar-refractivity contribution is -0.145. The van der Waals surface area contributed by atoms with Gasteiger partial charge < -0.3 is 20.5 Å². The van der Waals surface area contributed by atoms with Gasteiger partial charge in [0.15, 0.2) is 0 Å². The second kappa shape index (κ2) is 5.68. The second-order valence-electron chi connectivity index (χ2n) is 6.24. The topological polar surface area (TPSA) is 105 Å². The third-order valence-electron chi connectivity index (χ3n) is 3.07. The van der Waals surface area contributed by atoms with Gasteiger partial charge in [-0.2, -0.15) is 0 Å². The van der Waals surface area contributed by atoms with Gasteiger partial charge in [0.1, 0.15) is 11.1 Å². The molecule has 1 aliphatic heterocycles. The molecule has 20 heavy (non-hydrogen) atoms. The number of ether oxygens (including phenoxy) is 1. The van der Waals surface area contributed by atoms with Crippen molar-refractivity contribution in [2.24, 2.45) is 5.92 Å². The van der Waals surface area contributed by atoms with Gasteiger partial charge in [0.2, 0.25) is 5.91 Å². The molecule has 7 nitrogen and oxygen atoms in total. The number of aliphatic carboxylic acids is 1. The Bertz CT molecular complexity index is 415. The van der Waals surface area contributed by atoms with Crippen molar-refractivity contribution < 1.29 is 24.2 Å². The molecule has 1 fully saturated rings. The molecule has 2 amide bonds. The molecule has 1 aliphatic rings. The van der Waals surface area contributed by atoms with Crippen LogP contribution in [-0.2, 0) is 14.3 Å². The van der Waals surface area contributed by atoms with Crippen LogP contribution < -0.4 is 10.6 Å². The minimum atomic E-state index is -1.53. The third-order valence-corrected chi connectivity index (χ3v) is 3.07. The molecule has 1 heterocycles. The first-order valence-electron chi connectivity index (χ1n) is 6.56. The van der Waals surface area contributed by atoms with Gasteiger partial charge in [-0.05, 0) is 40.5 Å². The summed E-state index contributed by atoms with van der Waals surface area (Å²) in [5.41, 5.74) is -2.25. The SMILES string of the molecule is CC(C)(C)OC(=O)N[C@@](C)(CC1CCNC1=O)C(=O)O. The summed E-state index contributed by atoms with van der Waals surface area (Å²) in [7, 11) is 0. The Morgan fingerprint density at radius 3 is 2.40 bits per heavy atom. The average Bonchev–Trinajstić information content (AvgIpc) is 2.60. The Morgan fingerprint density at radius 1 is 1.40 bits per heavy atom. The molecule has 114 valence electrons. The van der Waals surface area contributed by atoms with Gasteiger partial charge in [-0.25, -0.2) is 9.59 Å². The van der Waals surface area contributed by atoms with E-state index in [2.05, 4.69) is 10.6 Å². The molecular weight excluding hydrogens is 264 g/mol. The molecule has 1 rings (SSSR count). The highest BCUT2D eigenvalue weighted by molar-refractivity contribution is 5.86. The summed E-state index contributed by atoms with van der Waals surface area (Å²) in [6, 6.07) is 0. The van der Waals surface area contributed by atoms with Gasteiger partial charge in [-0.1, -0.05) is 0 Å². The van der Waals surface area contributed by atoms with E-state index in [1.54, 1.807) is 20.8 Å². The molecule has 2 atom stereocenters. The van der Waals surface area contributed by atoms with E-state index >= 15 is 0 Å². The lowest BCUT2D eigenvalue weighted by atomic mass is 9.88. The van der Waals surface area contributed by atoms with Crippen molar-refractivity contribution >= 4 is 18.0 Å². The van der Waals surface area contributed by atoms with Crippen molar-refractivity contribution in [1.82, 2.24) is 10.6 Å². The first kappa shape index (κ1) is 16.3. The fourth-order valence-corrected chi connectivity index (χ4v) is 2.05. The fraction of sp³-hybridized carbons (Fsp3) is 0.769. The Kier molecular flexibility index (Phi) is 4.62. The van der Waals surface area contributed by atoms with Crippen LogP contribution in [0.4, 0.5) is 4.79 Å². The maximum Gasteiger partial charge on any atom is 0.408 e. The van der Waals surface area contributed by atoms with Gasteiger partial charge in [-0.3, -0.25) is 4.79 Å². The molecule has 0 aromatic rings. The van der Waals surface area contributed by atoms with Crippen molar-refractivity contribution in [1.29, 1.82) is 0 Å². The maximum absolute atomic E-state index is 11.7. The van der Waals surface area contributed by atoms with Crippen LogP contribution in [-0.4, -0.2) is 40.8 Å². The molecule has 0 bridgehead atoms. The zero-order chi connectivity index (χ0) is 15.6. The van der Waals surface area contributed by atoms with Crippen molar-refractivity contribution in [2.75, 3.05) is 6.54 Å². The second-order valence-corrected chi connectivity index (χ2v) is 6.24. The van der Waals surface area contributed by atoms with E-state index in [0.29, 0.717) is 13.0 Å². The highest BCUT2D eigenvalue weighted by Crippen LogP contribution is 2.23. The van der Waals surface area contributed by atoms with Crippen molar-refractivity contribution in [2.45, 2.75) is 51.7 Å². The normalized spacial score (nSPS) is 21.8.